The monoisotopic (exact) mass is 341 g/mol. The van der Waals surface area contributed by atoms with E-state index in [0.717, 1.165) is 21.9 Å². The molecule has 3 aromatic rings. The predicted molar refractivity (Wildman–Crippen MR) is 101 cm³/mol. The van der Waals surface area contributed by atoms with Crippen molar-refractivity contribution >= 4 is 29.4 Å². The first-order valence-corrected chi connectivity index (χ1v) is 8.16. The van der Waals surface area contributed by atoms with Gasteiger partial charge in [-0.3, -0.25) is 9.59 Å². The van der Waals surface area contributed by atoms with Crippen molar-refractivity contribution in [2.24, 2.45) is 5.10 Å². The molecular formula is C21H15N3O2. The van der Waals surface area contributed by atoms with Gasteiger partial charge in [-0.25, -0.2) is 0 Å². The highest BCUT2D eigenvalue weighted by Crippen LogP contribution is 2.22. The van der Waals surface area contributed by atoms with Gasteiger partial charge in [0.05, 0.1) is 17.3 Å². The molecule has 5 heteroatoms. The summed E-state index contributed by atoms with van der Waals surface area (Å²) >= 11 is 0. The molecule has 1 aliphatic rings. The quantitative estimate of drug-likeness (QED) is 0.575. The summed E-state index contributed by atoms with van der Waals surface area (Å²) in [5, 5.41) is 8.27. The van der Waals surface area contributed by atoms with Crippen LogP contribution in [0.1, 0.15) is 26.3 Å². The lowest BCUT2D eigenvalue weighted by molar-refractivity contribution is 0.0660. The summed E-state index contributed by atoms with van der Waals surface area (Å²) in [6, 6.07) is 24.2. The number of anilines is 2. The Balaban J connectivity index is 1.48. The van der Waals surface area contributed by atoms with Gasteiger partial charge in [-0.05, 0) is 42.0 Å². The zero-order chi connectivity index (χ0) is 17.9. The van der Waals surface area contributed by atoms with Crippen LogP contribution in [0.4, 0.5) is 11.4 Å². The van der Waals surface area contributed by atoms with Crippen LogP contribution in [0.3, 0.4) is 0 Å². The van der Waals surface area contributed by atoms with Gasteiger partial charge in [0, 0.05) is 11.4 Å². The number of imide groups is 1. The summed E-state index contributed by atoms with van der Waals surface area (Å²) in [5.74, 6) is -0.798. The molecule has 0 fully saturated rings. The zero-order valence-electron chi connectivity index (χ0n) is 13.8. The Hall–Kier alpha value is -3.73. The second kappa shape index (κ2) is 6.64. The van der Waals surface area contributed by atoms with Crippen molar-refractivity contribution < 1.29 is 9.59 Å². The minimum Gasteiger partial charge on any atom is -0.356 e. The number of benzene rings is 3. The molecule has 26 heavy (non-hydrogen) atoms. The van der Waals surface area contributed by atoms with Crippen LogP contribution in [0.15, 0.2) is 84.0 Å². The van der Waals surface area contributed by atoms with E-state index < -0.39 is 11.8 Å². The first-order chi connectivity index (χ1) is 12.7. The van der Waals surface area contributed by atoms with Gasteiger partial charge in [0.2, 0.25) is 0 Å². The van der Waals surface area contributed by atoms with Gasteiger partial charge in [-0.15, -0.1) is 0 Å². The van der Waals surface area contributed by atoms with Crippen LogP contribution in [0.25, 0.3) is 0 Å². The minimum atomic E-state index is -0.399. The van der Waals surface area contributed by atoms with Crippen molar-refractivity contribution in [3.8, 4) is 0 Å². The summed E-state index contributed by atoms with van der Waals surface area (Å²) in [6.45, 7) is 0. The largest absolute Gasteiger partial charge is 0.356 e. The van der Waals surface area contributed by atoms with E-state index in [9.17, 15) is 9.59 Å². The van der Waals surface area contributed by atoms with E-state index in [1.807, 2.05) is 54.6 Å². The number of hydrazone groups is 1. The Morgan fingerprint density at radius 3 is 1.85 bits per heavy atom. The molecule has 2 amide bonds. The van der Waals surface area contributed by atoms with E-state index in [-0.39, 0.29) is 0 Å². The van der Waals surface area contributed by atoms with Crippen LogP contribution < -0.4 is 5.32 Å². The zero-order valence-corrected chi connectivity index (χ0v) is 13.8. The van der Waals surface area contributed by atoms with Crippen molar-refractivity contribution in [3.63, 3.8) is 0 Å². The Kier molecular flexibility index (Phi) is 4.03. The number of fused-ring (bicyclic) bond motifs is 1. The van der Waals surface area contributed by atoms with Crippen LogP contribution in [0.5, 0.6) is 0 Å². The minimum absolute atomic E-state index is 0.386. The standard InChI is InChI=1S/C21H15N3O2/c25-20-18-8-4-5-9-19(18)21(26)24(20)22-14-15-10-12-17(13-11-15)23-16-6-2-1-3-7-16/h1-14,23H/b22-14-. The number of nitrogens with one attached hydrogen (secondary N) is 1. The summed E-state index contributed by atoms with van der Waals surface area (Å²) in [5.41, 5.74) is 3.50. The third-order valence-electron chi connectivity index (χ3n) is 4.07. The topological polar surface area (TPSA) is 61.8 Å². The molecule has 0 unspecified atom stereocenters. The van der Waals surface area contributed by atoms with Gasteiger partial charge in [0.25, 0.3) is 11.8 Å². The number of para-hydroxylation sites is 1. The first-order valence-electron chi connectivity index (χ1n) is 8.16. The summed E-state index contributed by atoms with van der Waals surface area (Å²) < 4.78 is 0. The lowest BCUT2D eigenvalue weighted by Crippen LogP contribution is -2.23. The van der Waals surface area contributed by atoms with Crippen LogP contribution >= 0.6 is 0 Å². The summed E-state index contributed by atoms with van der Waals surface area (Å²) in [7, 11) is 0. The highest BCUT2D eigenvalue weighted by molar-refractivity contribution is 6.21. The van der Waals surface area contributed by atoms with Crippen molar-refractivity contribution in [2.45, 2.75) is 0 Å². The molecule has 4 rings (SSSR count). The molecule has 1 N–H and O–H groups in total. The second-order valence-electron chi connectivity index (χ2n) is 5.83. The van der Waals surface area contributed by atoms with E-state index in [4.69, 9.17) is 0 Å². The molecule has 0 saturated carbocycles. The van der Waals surface area contributed by atoms with Crippen molar-refractivity contribution in [2.75, 3.05) is 5.32 Å². The Morgan fingerprint density at radius 1 is 0.692 bits per heavy atom. The van der Waals surface area contributed by atoms with Crippen molar-refractivity contribution in [1.29, 1.82) is 0 Å². The fourth-order valence-corrected chi connectivity index (χ4v) is 2.75. The highest BCUT2D eigenvalue weighted by atomic mass is 16.2. The molecule has 0 aliphatic carbocycles. The van der Waals surface area contributed by atoms with Crippen LogP contribution in [-0.4, -0.2) is 23.0 Å². The molecule has 1 aliphatic heterocycles. The number of carbonyl (C=O) groups excluding carboxylic acids is 2. The Labute approximate surface area is 150 Å². The predicted octanol–water partition coefficient (Wildman–Crippen LogP) is 4.06. The molecule has 1 heterocycles. The van der Waals surface area contributed by atoms with Crippen LogP contribution in [-0.2, 0) is 0 Å². The van der Waals surface area contributed by atoms with Gasteiger partial charge in [-0.1, -0.05) is 42.5 Å². The molecule has 0 spiro atoms. The smallest absolute Gasteiger partial charge is 0.282 e. The van der Waals surface area contributed by atoms with E-state index in [1.54, 1.807) is 24.3 Å². The highest BCUT2D eigenvalue weighted by Gasteiger charge is 2.35. The van der Waals surface area contributed by atoms with E-state index >= 15 is 0 Å². The lowest BCUT2D eigenvalue weighted by Gasteiger charge is -2.07. The fourth-order valence-electron chi connectivity index (χ4n) is 2.75. The van der Waals surface area contributed by atoms with Crippen LogP contribution in [0, 0.1) is 0 Å². The van der Waals surface area contributed by atoms with Gasteiger partial charge in [0.1, 0.15) is 0 Å². The lowest BCUT2D eigenvalue weighted by atomic mass is 10.1. The third-order valence-corrected chi connectivity index (χ3v) is 4.07. The van der Waals surface area contributed by atoms with Gasteiger partial charge >= 0.3 is 0 Å². The molecule has 126 valence electrons. The van der Waals surface area contributed by atoms with Gasteiger partial charge in [0.15, 0.2) is 0 Å². The number of rotatable bonds is 4. The Morgan fingerprint density at radius 2 is 1.23 bits per heavy atom. The van der Waals surface area contributed by atoms with Gasteiger partial charge < -0.3 is 5.32 Å². The molecule has 0 bridgehead atoms. The normalized spacial score (nSPS) is 13.3. The number of carbonyl (C=O) groups is 2. The summed E-state index contributed by atoms with van der Waals surface area (Å²) in [4.78, 5) is 24.5. The molecule has 5 nitrogen and oxygen atoms in total. The number of hydrogen-bond donors (Lipinski definition) is 1. The average molecular weight is 341 g/mol. The molecule has 0 atom stereocenters. The molecule has 0 radical (unpaired) electrons. The maximum Gasteiger partial charge on any atom is 0.282 e. The first kappa shape index (κ1) is 15.8. The number of nitrogens with zero attached hydrogens (tertiary/aromatic N) is 2. The number of amides is 2. The SMILES string of the molecule is O=C1c2ccccc2C(=O)N1/N=C\c1ccc(Nc2ccccc2)cc1. The Bertz CT molecular complexity index is 960. The van der Waals surface area contributed by atoms with E-state index in [2.05, 4.69) is 10.4 Å². The van der Waals surface area contributed by atoms with Crippen molar-refractivity contribution in [1.82, 2.24) is 5.01 Å². The second-order valence-corrected chi connectivity index (χ2v) is 5.83. The van der Waals surface area contributed by atoms with Gasteiger partial charge in [-0.2, -0.15) is 10.1 Å². The average Bonchev–Trinajstić information content (AvgIpc) is 2.93. The number of hydrogen-bond acceptors (Lipinski definition) is 4. The molecule has 0 saturated heterocycles. The van der Waals surface area contributed by atoms with E-state index in [1.165, 1.54) is 6.21 Å². The van der Waals surface area contributed by atoms with Crippen molar-refractivity contribution in [3.05, 3.63) is 95.6 Å². The van der Waals surface area contributed by atoms with Crippen LogP contribution in [0.2, 0.25) is 0 Å². The molecule has 0 aromatic heterocycles. The third kappa shape index (κ3) is 2.98. The maximum atomic E-state index is 12.3. The maximum absolute atomic E-state index is 12.3. The fraction of sp³-hybridized carbons (Fsp3) is 0. The molecular weight excluding hydrogens is 326 g/mol. The van der Waals surface area contributed by atoms with E-state index in [0.29, 0.717) is 11.1 Å². The summed E-state index contributed by atoms with van der Waals surface area (Å²) in [6.07, 6.45) is 1.51. The molecule has 3 aromatic carbocycles.